The van der Waals surface area contributed by atoms with Crippen LogP contribution in [0.5, 0.6) is 0 Å². The summed E-state index contributed by atoms with van der Waals surface area (Å²) in [6, 6.07) is 12.1. The highest BCUT2D eigenvalue weighted by molar-refractivity contribution is 14.1. The number of carboxylic acids is 2. The van der Waals surface area contributed by atoms with Crippen LogP contribution in [0.15, 0.2) is 36.4 Å². The molecule has 0 atom stereocenters. The first-order valence-electron chi connectivity index (χ1n) is 13.9. The van der Waals surface area contributed by atoms with E-state index in [0.717, 1.165) is 68.1 Å². The van der Waals surface area contributed by atoms with E-state index in [-0.39, 0.29) is 15.5 Å². The Morgan fingerprint density at radius 2 is 1.78 bits per heavy atom. The number of aromatic carboxylic acids is 1. The van der Waals surface area contributed by atoms with Gasteiger partial charge in [0.15, 0.2) is 5.69 Å². The van der Waals surface area contributed by atoms with Crippen LogP contribution in [0.1, 0.15) is 63.8 Å². The molecule has 9 heteroatoms. The molecule has 0 unspecified atom stereocenters. The minimum atomic E-state index is -1.11. The standard InChI is InChI=1S/C32H35ClIN3O4/c1-19-5-4-6-26(33)25(19)18-36-12-9-21-15-22(7-8-23(21)17-36)28-29(31(40)41)35-20(2)24(16-27(38)39)30(28)37-13-10-32(3,34)11-14-37/h4-8,15H,9-14,16-18H2,1-3H3,(H,38,39)(H,40,41). The predicted octanol–water partition coefficient (Wildman–Crippen LogP) is 6.70. The molecule has 2 N–H and O–H groups in total. The number of carbonyl (C=O) groups is 2. The van der Waals surface area contributed by atoms with E-state index in [1.165, 1.54) is 16.7 Å². The molecule has 1 aromatic heterocycles. The van der Waals surface area contributed by atoms with E-state index in [4.69, 9.17) is 11.6 Å². The summed E-state index contributed by atoms with van der Waals surface area (Å²) in [5, 5.41) is 20.8. The zero-order chi connectivity index (χ0) is 29.5. The molecule has 0 amide bonds. The Kier molecular flexibility index (Phi) is 8.64. The maximum atomic E-state index is 12.6. The molecule has 0 saturated carbocycles. The van der Waals surface area contributed by atoms with Gasteiger partial charge in [0.2, 0.25) is 0 Å². The molecule has 5 rings (SSSR count). The van der Waals surface area contributed by atoms with Crippen LogP contribution in [0, 0.1) is 13.8 Å². The van der Waals surface area contributed by atoms with Gasteiger partial charge in [0.1, 0.15) is 0 Å². The van der Waals surface area contributed by atoms with Gasteiger partial charge >= 0.3 is 11.9 Å². The second-order valence-electron chi connectivity index (χ2n) is 11.5. The van der Waals surface area contributed by atoms with Crippen LogP contribution in [-0.4, -0.2) is 55.1 Å². The van der Waals surface area contributed by atoms with Crippen LogP contribution < -0.4 is 4.90 Å². The van der Waals surface area contributed by atoms with Crippen LogP contribution >= 0.6 is 34.2 Å². The summed E-state index contributed by atoms with van der Waals surface area (Å²) >= 11 is 9.00. The first-order chi connectivity index (χ1) is 19.4. The van der Waals surface area contributed by atoms with E-state index in [9.17, 15) is 19.8 Å². The monoisotopic (exact) mass is 687 g/mol. The fourth-order valence-corrected chi connectivity index (χ4v) is 6.82. The molecule has 0 bridgehead atoms. The molecule has 7 nitrogen and oxygen atoms in total. The lowest BCUT2D eigenvalue weighted by atomic mass is 9.89. The summed E-state index contributed by atoms with van der Waals surface area (Å²) in [7, 11) is 0. The molecule has 1 saturated heterocycles. The van der Waals surface area contributed by atoms with Crippen LogP contribution in [-0.2, 0) is 30.7 Å². The van der Waals surface area contributed by atoms with E-state index >= 15 is 0 Å². The van der Waals surface area contributed by atoms with Crippen molar-refractivity contribution < 1.29 is 19.8 Å². The van der Waals surface area contributed by atoms with Crippen molar-refractivity contribution in [2.45, 2.75) is 63.0 Å². The molecular formula is C32H35ClIN3O4. The lowest BCUT2D eigenvalue weighted by Gasteiger charge is -2.39. The Morgan fingerprint density at radius 3 is 2.44 bits per heavy atom. The number of rotatable bonds is 7. The topological polar surface area (TPSA) is 94.0 Å². The highest BCUT2D eigenvalue weighted by atomic mass is 127. The number of pyridine rings is 1. The Morgan fingerprint density at radius 1 is 1.05 bits per heavy atom. The Hall–Kier alpha value is -2.69. The van der Waals surface area contributed by atoms with Gasteiger partial charge < -0.3 is 15.1 Å². The fraction of sp³-hybridized carbons (Fsp3) is 0.406. The van der Waals surface area contributed by atoms with Gasteiger partial charge in [0.05, 0.1) is 12.1 Å². The highest BCUT2D eigenvalue weighted by Crippen LogP contribution is 2.42. The smallest absolute Gasteiger partial charge is 0.355 e. The van der Waals surface area contributed by atoms with Gasteiger partial charge in [-0.3, -0.25) is 9.69 Å². The summed E-state index contributed by atoms with van der Waals surface area (Å²) in [5.74, 6) is -2.07. The normalized spacial score (nSPS) is 16.9. The van der Waals surface area contributed by atoms with Gasteiger partial charge in [-0.15, -0.1) is 0 Å². The first-order valence-corrected chi connectivity index (χ1v) is 15.4. The molecule has 216 valence electrons. The van der Waals surface area contributed by atoms with Crippen LogP contribution in [0.3, 0.4) is 0 Å². The van der Waals surface area contributed by atoms with Gasteiger partial charge in [0.25, 0.3) is 0 Å². The summed E-state index contributed by atoms with van der Waals surface area (Å²) in [4.78, 5) is 33.5. The van der Waals surface area contributed by atoms with Gasteiger partial charge in [0, 0.05) is 58.0 Å². The third-order valence-electron chi connectivity index (χ3n) is 8.45. The molecule has 0 aliphatic carbocycles. The molecule has 0 spiro atoms. The van der Waals surface area contributed by atoms with Crippen molar-refractivity contribution >= 4 is 51.8 Å². The number of halogens is 2. The molecular weight excluding hydrogens is 653 g/mol. The Bertz CT molecular complexity index is 1490. The van der Waals surface area contributed by atoms with E-state index in [0.29, 0.717) is 22.5 Å². The minimum Gasteiger partial charge on any atom is -0.481 e. The van der Waals surface area contributed by atoms with Crippen molar-refractivity contribution in [3.8, 4) is 11.1 Å². The Labute approximate surface area is 259 Å². The number of aryl methyl sites for hydroxylation is 2. The minimum absolute atomic E-state index is 0.0268. The zero-order valence-electron chi connectivity index (χ0n) is 23.6. The van der Waals surface area contributed by atoms with Crippen LogP contribution in [0.2, 0.25) is 5.02 Å². The number of aliphatic carboxylic acids is 1. The van der Waals surface area contributed by atoms with Crippen molar-refractivity contribution in [2.75, 3.05) is 24.5 Å². The molecule has 1 fully saturated rings. The van der Waals surface area contributed by atoms with Gasteiger partial charge in [-0.1, -0.05) is 71.4 Å². The van der Waals surface area contributed by atoms with E-state index in [2.05, 4.69) is 69.4 Å². The number of alkyl halides is 1. The highest BCUT2D eigenvalue weighted by Gasteiger charge is 2.33. The van der Waals surface area contributed by atoms with Crippen molar-refractivity contribution in [3.63, 3.8) is 0 Å². The summed E-state index contributed by atoms with van der Waals surface area (Å²) in [5.41, 5.74) is 7.72. The fourth-order valence-electron chi connectivity index (χ4n) is 6.05. The van der Waals surface area contributed by atoms with Crippen LogP contribution in [0.4, 0.5) is 5.69 Å². The molecule has 2 aromatic carbocycles. The first kappa shape index (κ1) is 29.8. The lowest BCUT2D eigenvalue weighted by Crippen LogP contribution is -2.40. The van der Waals surface area contributed by atoms with Crippen LogP contribution in [0.25, 0.3) is 11.1 Å². The second kappa shape index (κ2) is 11.9. The molecule has 2 aliphatic rings. The maximum absolute atomic E-state index is 12.6. The van der Waals surface area contributed by atoms with E-state index < -0.39 is 11.9 Å². The number of hydrogen-bond acceptors (Lipinski definition) is 5. The molecule has 3 heterocycles. The summed E-state index contributed by atoms with van der Waals surface area (Å²) in [6.45, 7) is 9.88. The molecule has 0 radical (unpaired) electrons. The number of anilines is 1. The van der Waals surface area contributed by atoms with E-state index in [1.807, 2.05) is 18.2 Å². The lowest BCUT2D eigenvalue weighted by molar-refractivity contribution is -0.136. The Balaban J connectivity index is 1.56. The zero-order valence-corrected chi connectivity index (χ0v) is 26.5. The number of fused-ring (bicyclic) bond motifs is 1. The average Bonchev–Trinajstić information content (AvgIpc) is 2.91. The number of hydrogen-bond donors (Lipinski definition) is 2. The van der Waals surface area contributed by atoms with Gasteiger partial charge in [-0.05, 0) is 67.0 Å². The van der Waals surface area contributed by atoms with Crippen molar-refractivity contribution in [2.24, 2.45) is 0 Å². The van der Waals surface area contributed by atoms with Gasteiger partial charge in [-0.25, -0.2) is 9.78 Å². The summed E-state index contributed by atoms with van der Waals surface area (Å²) in [6.07, 6.45) is 2.46. The number of piperidine rings is 1. The number of benzene rings is 2. The largest absolute Gasteiger partial charge is 0.481 e. The SMILES string of the molecule is Cc1cccc(Cl)c1CN1CCc2cc(-c3c(C(=O)O)nc(C)c(CC(=O)O)c3N3CCC(C)(I)CC3)ccc2C1. The third-order valence-corrected chi connectivity index (χ3v) is 9.88. The van der Waals surface area contributed by atoms with Crippen molar-refractivity contribution in [3.05, 3.63) is 80.6 Å². The van der Waals surface area contributed by atoms with Crippen molar-refractivity contribution in [1.29, 1.82) is 0 Å². The third kappa shape index (κ3) is 6.39. The molecule has 3 aromatic rings. The van der Waals surface area contributed by atoms with Crippen molar-refractivity contribution in [1.82, 2.24) is 9.88 Å². The molecule has 41 heavy (non-hydrogen) atoms. The number of carboxylic acid groups (broad SMARTS) is 2. The predicted molar refractivity (Wildman–Crippen MR) is 171 cm³/mol. The van der Waals surface area contributed by atoms with Gasteiger partial charge in [-0.2, -0.15) is 0 Å². The number of nitrogens with zero attached hydrogens (tertiary/aromatic N) is 3. The molecule has 2 aliphatic heterocycles. The quantitative estimate of drug-likeness (QED) is 0.211. The maximum Gasteiger partial charge on any atom is 0.355 e. The van der Waals surface area contributed by atoms with E-state index in [1.54, 1.807) is 6.92 Å². The summed E-state index contributed by atoms with van der Waals surface area (Å²) < 4.78 is 0.152. The second-order valence-corrected chi connectivity index (χ2v) is 14.5. The average molecular weight is 688 g/mol. The number of aromatic nitrogens is 1.